The number of pyridine rings is 1. The summed E-state index contributed by atoms with van der Waals surface area (Å²) in [6.45, 7) is 4.33. The van der Waals surface area contributed by atoms with E-state index < -0.39 is 0 Å². The van der Waals surface area contributed by atoms with Crippen molar-refractivity contribution in [2.24, 2.45) is 4.99 Å². The molecule has 2 heterocycles. The van der Waals surface area contributed by atoms with E-state index in [-0.39, 0.29) is 0 Å². The molecule has 0 spiro atoms. The lowest BCUT2D eigenvalue weighted by molar-refractivity contribution is 0.701. The Morgan fingerprint density at radius 2 is 2.25 bits per heavy atom. The van der Waals surface area contributed by atoms with E-state index in [0.717, 1.165) is 17.3 Å². The van der Waals surface area contributed by atoms with Gasteiger partial charge in [-0.25, -0.2) is 0 Å². The Bertz CT molecular complexity index is 364. The highest BCUT2D eigenvalue weighted by Crippen LogP contribution is 2.21. The number of hydrogen-bond donors (Lipinski definition) is 1. The quantitative estimate of drug-likeness (QED) is 0.875. The molecule has 16 heavy (non-hydrogen) atoms. The SMILES string of the molecule is CCC1CSC(NC(C)c2ccncc2)=N1. The average molecular weight is 235 g/mol. The molecule has 0 aliphatic carbocycles. The molecule has 1 aliphatic heterocycles. The van der Waals surface area contributed by atoms with Gasteiger partial charge in [0.05, 0.1) is 12.1 Å². The number of nitrogens with one attached hydrogen (secondary N) is 1. The van der Waals surface area contributed by atoms with Crippen molar-refractivity contribution in [2.45, 2.75) is 32.4 Å². The third-order valence-corrected chi connectivity index (χ3v) is 3.78. The van der Waals surface area contributed by atoms with Gasteiger partial charge in [-0.2, -0.15) is 0 Å². The smallest absolute Gasteiger partial charge is 0.157 e. The third kappa shape index (κ3) is 2.76. The highest BCUT2D eigenvalue weighted by atomic mass is 32.2. The van der Waals surface area contributed by atoms with Gasteiger partial charge in [0, 0.05) is 18.1 Å². The van der Waals surface area contributed by atoms with E-state index in [1.54, 1.807) is 0 Å². The molecule has 0 saturated heterocycles. The lowest BCUT2D eigenvalue weighted by atomic mass is 10.1. The summed E-state index contributed by atoms with van der Waals surface area (Å²) in [4.78, 5) is 8.65. The zero-order valence-electron chi connectivity index (χ0n) is 9.68. The second-order valence-corrected chi connectivity index (χ2v) is 4.96. The maximum Gasteiger partial charge on any atom is 0.157 e. The molecule has 1 aromatic rings. The molecule has 1 N–H and O–H groups in total. The summed E-state index contributed by atoms with van der Waals surface area (Å²) in [5.41, 5.74) is 1.25. The van der Waals surface area contributed by atoms with Crippen LogP contribution in [0.4, 0.5) is 0 Å². The lowest BCUT2D eigenvalue weighted by Gasteiger charge is -2.14. The zero-order chi connectivity index (χ0) is 11.4. The van der Waals surface area contributed by atoms with Crippen molar-refractivity contribution in [3.05, 3.63) is 30.1 Å². The molecule has 0 bridgehead atoms. The summed E-state index contributed by atoms with van der Waals surface area (Å²) in [5, 5.41) is 4.52. The van der Waals surface area contributed by atoms with Gasteiger partial charge in [-0.15, -0.1) is 0 Å². The summed E-state index contributed by atoms with van der Waals surface area (Å²) in [6, 6.07) is 4.87. The first kappa shape index (κ1) is 11.5. The van der Waals surface area contributed by atoms with E-state index in [0.29, 0.717) is 12.1 Å². The second-order valence-electron chi connectivity index (χ2n) is 3.95. The molecule has 2 rings (SSSR count). The Labute approximate surface area is 101 Å². The Morgan fingerprint density at radius 1 is 1.50 bits per heavy atom. The maximum absolute atomic E-state index is 4.62. The molecule has 1 aliphatic rings. The van der Waals surface area contributed by atoms with Gasteiger partial charge in [-0.1, -0.05) is 18.7 Å². The Morgan fingerprint density at radius 3 is 2.88 bits per heavy atom. The second kappa shape index (κ2) is 5.34. The fourth-order valence-electron chi connectivity index (χ4n) is 1.62. The highest BCUT2D eigenvalue weighted by Gasteiger charge is 2.17. The van der Waals surface area contributed by atoms with Crippen molar-refractivity contribution in [2.75, 3.05) is 5.75 Å². The van der Waals surface area contributed by atoms with E-state index in [2.05, 4.69) is 29.1 Å². The monoisotopic (exact) mass is 235 g/mol. The topological polar surface area (TPSA) is 37.3 Å². The number of aliphatic imine (C=N–C) groups is 1. The van der Waals surface area contributed by atoms with Crippen LogP contribution in [0.25, 0.3) is 0 Å². The minimum atomic E-state index is 0.296. The number of rotatable bonds is 3. The summed E-state index contributed by atoms with van der Waals surface area (Å²) < 4.78 is 0. The van der Waals surface area contributed by atoms with Crippen LogP contribution >= 0.6 is 11.8 Å². The van der Waals surface area contributed by atoms with Crippen molar-refractivity contribution in [1.29, 1.82) is 0 Å². The molecule has 1 aromatic heterocycles. The van der Waals surface area contributed by atoms with E-state index in [1.165, 1.54) is 5.56 Å². The highest BCUT2D eigenvalue weighted by molar-refractivity contribution is 8.14. The van der Waals surface area contributed by atoms with E-state index in [9.17, 15) is 0 Å². The number of hydrogen-bond acceptors (Lipinski definition) is 4. The molecule has 0 saturated carbocycles. The third-order valence-electron chi connectivity index (χ3n) is 2.73. The van der Waals surface area contributed by atoms with Gasteiger partial charge < -0.3 is 5.32 Å². The van der Waals surface area contributed by atoms with E-state index >= 15 is 0 Å². The zero-order valence-corrected chi connectivity index (χ0v) is 10.5. The van der Waals surface area contributed by atoms with Crippen LogP contribution in [-0.2, 0) is 0 Å². The van der Waals surface area contributed by atoms with E-state index in [4.69, 9.17) is 0 Å². The normalized spacial score (nSPS) is 21.6. The van der Waals surface area contributed by atoms with Gasteiger partial charge in [0.1, 0.15) is 0 Å². The minimum Gasteiger partial charge on any atom is -0.358 e. The van der Waals surface area contributed by atoms with Crippen LogP contribution < -0.4 is 5.32 Å². The van der Waals surface area contributed by atoms with Gasteiger partial charge in [0.15, 0.2) is 5.17 Å². The van der Waals surface area contributed by atoms with Gasteiger partial charge in [-0.05, 0) is 31.0 Å². The standard InChI is InChI=1S/C12H17N3S/c1-3-11-8-16-12(15-11)14-9(2)10-4-6-13-7-5-10/h4-7,9,11H,3,8H2,1-2H3,(H,14,15). The van der Waals surface area contributed by atoms with Crippen LogP contribution in [-0.4, -0.2) is 21.9 Å². The summed E-state index contributed by atoms with van der Waals surface area (Å²) >= 11 is 1.82. The Balaban J connectivity index is 1.96. The molecule has 2 atom stereocenters. The summed E-state index contributed by atoms with van der Waals surface area (Å²) in [5.74, 6) is 1.11. The molecule has 0 radical (unpaired) electrons. The predicted molar refractivity (Wildman–Crippen MR) is 69.8 cm³/mol. The molecule has 3 nitrogen and oxygen atoms in total. The average Bonchev–Trinajstić information content (AvgIpc) is 2.78. The number of aromatic nitrogens is 1. The van der Waals surface area contributed by atoms with Gasteiger partial charge in [0.25, 0.3) is 0 Å². The Kier molecular flexibility index (Phi) is 3.83. The van der Waals surface area contributed by atoms with Crippen molar-refractivity contribution < 1.29 is 0 Å². The molecule has 0 fully saturated rings. The molecular formula is C12H17N3S. The molecule has 2 unspecified atom stereocenters. The lowest BCUT2D eigenvalue weighted by Crippen LogP contribution is -2.23. The van der Waals surface area contributed by atoms with Crippen molar-refractivity contribution in [1.82, 2.24) is 10.3 Å². The molecule has 0 aromatic carbocycles. The van der Waals surface area contributed by atoms with Crippen molar-refractivity contribution in [3.63, 3.8) is 0 Å². The fourth-order valence-corrected chi connectivity index (χ4v) is 2.77. The fraction of sp³-hybridized carbons (Fsp3) is 0.500. The number of amidine groups is 1. The van der Waals surface area contributed by atoms with Gasteiger partial charge in [0.2, 0.25) is 0 Å². The van der Waals surface area contributed by atoms with Gasteiger partial charge >= 0.3 is 0 Å². The van der Waals surface area contributed by atoms with Crippen LogP contribution in [0, 0.1) is 0 Å². The maximum atomic E-state index is 4.62. The summed E-state index contributed by atoms with van der Waals surface area (Å²) in [6.07, 6.45) is 4.78. The minimum absolute atomic E-state index is 0.296. The van der Waals surface area contributed by atoms with Crippen LogP contribution in [0.1, 0.15) is 31.9 Å². The van der Waals surface area contributed by atoms with Crippen LogP contribution in [0.2, 0.25) is 0 Å². The molecule has 4 heteroatoms. The predicted octanol–water partition coefficient (Wildman–Crippen LogP) is 2.61. The summed E-state index contributed by atoms with van der Waals surface area (Å²) in [7, 11) is 0. The first-order valence-corrected chi connectivity index (χ1v) is 6.65. The largest absolute Gasteiger partial charge is 0.358 e. The number of thioether (sulfide) groups is 1. The van der Waals surface area contributed by atoms with Gasteiger partial charge in [-0.3, -0.25) is 9.98 Å². The van der Waals surface area contributed by atoms with E-state index in [1.807, 2.05) is 36.3 Å². The first-order chi connectivity index (χ1) is 7.79. The number of nitrogens with zero attached hydrogens (tertiary/aromatic N) is 2. The van der Waals surface area contributed by atoms with Crippen LogP contribution in [0.15, 0.2) is 29.5 Å². The first-order valence-electron chi connectivity index (χ1n) is 5.66. The van der Waals surface area contributed by atoms with Crippen LogP contribution in [0.3, 0.4) is 0 Å². The molecule has 86 valence electrons. The van der Waals surface area contributed by atoms with Crippen molar-refractivity contribution in [3.8, 4) is 0 Å². The van der Waals surface area contributed by atoms with Crippen LogP contribution in [0.5, 0.6) is 0 Å². The molecular weight excluding hydrogens is 218 g/mol. The Hall–Kier alpha value is -1.03. The molecule has 0 amide bonds. The van der Waals surface area contributed by atoms with Crippen molar-refractivity contribution >= 4 is 16.9 Å².